The molecule has 0 aliphatic carbocycles. The van der Waals surface area contributed by atoms with Crippen molar-refractivity contribution in [3.8, 4) is 11.5 Å². The summed E-state index contributed by atoms with van der Waals surface area (Å²) in [7, 11) is 0. The maximum atomic E-state index is 5.80. The maximum absolute atomic E-state index is 5.80. The summed E-state index contributed by atoms with van der Waals surface area (Å²) in [6, 6.07) is 19.8. The summed E-state index contributed by atoms with van der Waals surface area (Å²) in [5.41, 5.74) is 2.32. The lowest BCUT2D eigenvalue weighted by molar-refractivity contribution is 0.482. The van der Waals surface area contributed by atoms with Gasteiger partial charge in [-0.15, -0.1) is 0 Å². The largest absolute Gasteiger partial charge is 0.465 e. The molecule has 0 saturated heterocycles. The van der Waals surface area contributed by atoms with Crippen LogP contribution in [0.15, 0.2) is 71.3 Å². The molecule has 2 nitrogen and oxygen atoms in total. The summed E-state index contributed by atoms with van der Waals surface area (Å²) in [5.74, 6) is 2.52. The molecule has 0 radical (unpaired) electrons. The third-order valence-corrected chi connectivity index (χ3v) is 3.12. The van der Waals surface area contributed by atoms with Crippen molar-refractivity contribution in [2.75, 3.05) is 0 Å². The zero-order valence-corrected chi connectivity index (χ0v) is 11.8. The molecule has 2 heteroatoms. The Morgan fingerprint density at radius 3 is 2.10 bits per heavy atom. The molecule has 0 fully saturated rings. The van der Waals surface area contributed by atoms with Gasteiger partial charge in [0, 0.05) is 0 Å². The lowest BCUT2D eigenvalue weighted by atomic mass is 10.2. The molecular formula is C19H16O2. The van der Waals surface area contributed by atoms with Crippen molar-refractivity contribution in [1.82, 2.24) is 0 Å². The Morgan fingerprint density at radius 2 is 1.48 bits per heavy atom. The molecule has 3 aromatic rings. The normalized spacial score (nSPS) is 10.9. The molecule has 0 amide bonds. The Balaban J connectivity index is 1.67. The molecule has 0 spiro atoms. The van der Waals surface area contributed by atoms with Crippen LogP contribution >= 0.6 is 0 Å². The van der Waals surface area contributed by atoms with E-state index in [9.17, 15) is 0 Å². The fourth-order valence-corrected chi connectivity index (χ4v) is 1.95. The monoisotopic (exact) mass is 276 g/mol. The molecule has 2 aromatic carbocycles. The third kappa shape index (κ3) is 3.63. The first-order valence-corrected chi connectivity index (χ1v) is 6.86. The lowest BCUT2D eigenvalue weighted by Gasteiger charge is -2.06. The first kappa shape index (κ1) is 13.3. The van der Waals surface area contributed by atoms with Gasteiger partial charge in [-0.05, 0) is 55.0 Å². The SMILES string of the molecule is Cc1ccc(Oc2ccc(/C=C/c3ccco3)cc2)cc1. The number of rotatable bonds is 4. The second kappa shape index (κ2) is 6.14. The van der Waals surface area contributed by atoms with Gasteiger partial charge in [0.25, 0.3) is 0 Å². The first-order chi connectivity index (χ1) is 10.3. The van der Waals surface area contributed by atoms with Crippen molar-refractivity contribution in [1.29, 1.82) is 0 Å². The summed E-state index contributed by atoms with van der Waals surface area (Å²) in [6.07, 6.45) is 5.61. The van der Waals surface area contributed by atoms with Crippen LogP contribution in [0.25, 0.3) is 12.2 Å². The molecule has 3 rings (SSSR count). The van der Waals surface area contributed by atoms with Crippen molar-refractivity contribution < 1.29 is 9.15 Å². The zero-order chi connectivity index (χ0) is 14.5. The van der Waals surface area contributed by atoms with E-state index in [-0.39, 0.29) is 0 Å². The van der Waals surface area contributed by atoms with E-state index in [2.05, 4.69) is 6.92 Å². The highest BCUT2D eigenvalue weighted by atomic mass is 16.5. The molecule has 0 unspecified atom stereocenters. The number of hydrogen-bond donors (Lipinski definition) is 0. The van der Waals surface area contributed by atoms with Gasteiger partial charge in [-0.2, -0.15) is 0 Å². The highest BCUT2D eigenvalue weighted by Gasteiger charge is 1.97. The van der Waals surface area contributed by atoms with Crippen molar-refractivity contribution in [3.63, 3.8) is 0 Å². The van der Waals surface area contributed by atoms with E-state index in [1.54, 1.807) is 6.26 Å². The fourth-order valence-electron chi connectivity index (χ4n) is 1.95. The second-order valence-corrected chi connectivity index (χ2v) is 4.83. The Hall–Kier alpha value is -2.74. The van der Waals surface area contributed by atoms with Crippen LogP contribution in [0.1, 0.15) is 16.9 Å². The summed E-state index contributed by atoms with van der Waals surface area (Å²) in [4.78, 5) is 0. The smallest absolute Gasteiger partial charge is 0.127 e. The Labute approximate surface area is 124 Å². The van der Waals surface area contributed by atoms with E-state index < -0.39 is 0 Å². The minimum atomic E-state index is 0.828. The molecule has 1 heterocycles. The summed E-state index contributed by atoms with van der Waals surface area (Å²) in [6.45, 7) is 2.06. The number of aryl methyl sites for hydroxylation is 1. The Morgan fingerprint density at radius 1 is 0.810 bits per heavy atom. The predicted octanol–water partition coefficient (Wildman–Crippen LogP) is 5.55. The second-order valence-electron chi connectivity index (χ2n) is 4.83. The van der Waals surface area contributed by atoms with E-state index in [0.29, 0.717) is 0 Å². The third-order valence-electron chi connectivity index (χ3n) is 3.12. The zero-order valence-electron chi connectivity index (χ0n) is 11.8. The average molecular weight is 276 g/mol. The van der Waals surface area contributed by atoms with Crippen LogP contribution in [0.5, 0.6) is 11.5 Å². The van der Waals surface area contributed by atoms with Crippen LogP contribution < -0.4 is 4.74 Å². The highest BCUT2D eigenvalue weighted by molar-refractivity contribution is 5.67. The minimum absolute atomic E-state index is 0.828. The number of furan rings is 1. The first-order valence-electron chi connectivity index (χ1n) is 6.86. The molecule has 0 saturated carbocycles. The lowest BCUT2D eigenvalue weighted by Crippen LogP contribution is -1.84. The standard InChI is InChI=1S/C19H16O2/c1-15-4-9-18(10-5-15)21-19-12-7-16(8-13-19)6-11-17-3-2-14-20-17/h2-14H,1H3/b11-6+. The van der Waals surface area contributed by atoms with Gasteiger partial charge in [0.05, 0.1) is 6.26 Å². The highest BCUT2D eigenvalue weighted by Crippen LogP contribution is 2.22. The van der Waals surface area contributed by atoms with E-state index in [1.165, 1.54) is 5.56 Å². The van der Waals surface area contributed by atoms with Gasteiger partial charge in [0.2, 0.25) is 0 Å². The van der Waals surface area contributed by atoms with Gasteiger partial charge in [-0.3, -0.25) is 0 Å². The fraction of sp³-hybridized carbons (Fsp3) is 0.0526. The number of hydrogen-bond acceptors (Lipinski definition) is 2. The van der Waals surface area contributed by atoms with Gasteiger partial charge >= 0.3 is 0 Å². The van der Waals surface area contributed by atoms with E-state index >= 15 is 0 Å². The average Bonchev–Trinajstić information content (AvgIpc) is 3.02. The van der Waals surface area contributed by atoms with Crippen LogP contribution in [0.4, 0.5) is 0 Å². The van der Waals surface area contributed by atoms with Gasteiger partial charge in [-0.1, -0.05) is 35.9 Å². The molecule has 104 valence electrons. The molecular weight excluding hydrogens is 260 g/mol. The Bertz CT molecular complexity index is 705. The summed E-state index contributed by atoms with van der Waals surface area (Å²) in [5, 5.41) is 0. The van der Waals surface area contributed by atoms with Gasteiger partial charge in [-0.25, -0.2) is 0 Å². The van der Waals surface area contributed by atoms with Gasteiger partial charge in [0.1, 0.15) is 17.3 Å². The molecule has 21 heavy (non-hydrogen) atoms. The molecule has 0 bridgehead atoms. The molecule has 0 aliphatic heterocycles. The summed E-state index contributed by atoms with van der Waals surface area (Å²) < 4.78 is 11.1. The molecule has 0 atom stereocenters. The van der Waals surface area contributed by atoms with Crippen molar-refractivity contribution in [2.24, 2.45) is 0 Å². The Kier molecular flexibility index (Phi) is 3.88. The van der Waals surface area contributed by atoms with Crippen molar-refractivity contribution in [3.05, 3.63) is 83.8 Å². The van der Waals surface area contributed by atoms with Crippen LogP contribution in [0.2, 0.25) is 0 Å². The van der Waals surface area contributed by atoms with Crippen LogP contribution in [-0.4, -0.2) is 0 Å². The number of benzene rings is 2. The van der Waals surface area contributed by atoms with E-state index in [1.807, 2.05) is 72.8 Å². The van der Waals surface area contributed by atoms with Gasteiger partial charge < -0.3 is 9.15 Å². The predicted molar refractivity (Wildman–Crippen MR) is 85.3 cm³/mol. The van der Waals surface area contributed by atoms with E-state index in [0.717, 1.165) is 22.8 Å². The van der Waals surface area contributed by atoms with Crippen molar-refractivity contribution in [2.45, 2.75) is 6.92 Å². The molecule has 0 aliphatic rings. The quantitative estimate of drug-likeness (QED) is 0.623. The number of ether oxygens (including phenoxy) is 1. The molecule has 0 N–H and O–H groups in total. The van der Waals surface area contributed by atoms with Gasteiger partial charge in [0.15, 0.2) is 0 Å². The minimum Gasteiger partial charge on any atom is -0.465 e. The van der Waals surface area contributed by atoms with Crippen LogP contribution in [0.3, 0.4) is 0 Å². The topological polar surface area (TPSA) is 22.4 Å². The maximum Gasteiger partial charge on any atom is 0.127 e. The summed E-state index contributed by atoms with van der Waals surface area (Å²) >= 11 is 0. The van der Waals surface area contributed by atoms with Crippen molar-refractivity contribution >= 4 is 12.2 Å². The van der Waals surface area contributed by atoms with Crippen LogP contribution in [-0.2, 0) is 0 Å². The van der Waals surface area contributed by atoms with E-state index in [4.69, 9.17) is 9.15 Å². The van der Waals surface area contributed by atoms with Crippen LogP contribution in [0, 0.1) is 6.92 Å². The molecule has 1 aromatic heterocycles.